The Morgan fingerprint density at radius 2 is 1.10 bits per heavy atom. The van der Waals surface area contributed by atoms with E-state index < -0.39 is 0 Å². The smallest absolute Gasteiger partial charge is 0.316 e. The molecule has 0 atom stereocenters. The second-order valence-electron chi connectivity index (χ2n) is 4.92. The van der Waals surface area contributed by atoms with Crippen molar-refractivity contribution >= 4 is 44.9 Å². The number of H-pyrrole nitrogens is 1. The van der Waals surface area contributed by atoms with Crippen molar-refractivity contribution in [3.63, 3.8) is 0 Å². The SMILES string of the molecule is CCCCCC.[MgH2].c1ccc2c(c1)[nH]c1ccccc12. The first-order chi connectivity index (χ1) is 9.36. The summed E-state index contributed by atoms with van der Waals surface area (Å²) >= 11 is 0. The Hall–Kier alpha value is -0.994. The number of nitrogens with one attached hydrogen (secondary N) is 1. The van der Waals surface area contributed by atoms with E-state index in [1.54, 1.807) is 0 Å². The molecular weight excluding hydrogens is 255 g/mol. The summed E-state index contributed by atoms with van der Waals surface area (Å²) in [6, 6.07) is 16.8. The van der Waals surface area contributed by atoms with Crippen LogP contribution in [0.25, 0.3) is 21.8 Å². The molecule has 0 radical (unpaired) electrons. The molecule has 0 aliphatic heterocycles. The van der Waals surface area contributed by atoms with E-state index >= 15 is 0 Å². The summed E-state index contributed by atoms with van der Waals surface area (Å²) in [5.41, 5.74) is 2.42. The number of hydrogen-bond acceptors (Lipinski definition) is 0. The van der Waals surface area contributed by atoms with Crippen LogP contribution in [-0.2, 0) is 0 Å². The first kappa shape index (κ1) is 17.1. The highest BCUT2D eigenvalue weighted by molar-refractivity contribution is 6.06. The van der Waals surface area contributed by atoms with Crippen molar-refractivity contribution in [3.8, 4) is 0 Å². The van der Waals surface area contributed by atoms with Gasteiger partial charge < -0.3 is 4.98 Å². The maximum atomic E-state index is 3.38. The Kier molecular flexibility index (Phi) is 7.71. The van der Waals surface area contributed by atoms with Crippen molar-refractivity contribution in [2.24, 2.45) is 0 Å². The van der Waals surface area contributed by atoms with Gasteiger partial charge in [-0.15, -0.1) is 0 Å². The quantitative estimate of drug-likeness (QED) is 0.513. The summed E-state index contributed by atoms with van der Waals surface area (Å²) in [7, 11) is 0. The van der Waals surface area contributed by atoms with Gasteiger partial charge in [0.05, 0.1) is 0 Å². The molecule has 0 aliphatic rings. The number of para-hydroxylation sites is 2. The zero-order chi connectivity index (χ0) is 13.5. The Bertz CT molecular complexity index is 573. The third-order valence-electron chi connectivity index (χ3n) is 3.37. The zero-order valence-electron chi connectivity index (χ0n) is 11.9. The summed E-state index contributed by atoms with van der Waals surface area (Å²) in [5.74, 6) is 0. The highest BCUT2D eigenvalue weighted by Crippen LogP contribution is 2.24. The molecule has 3 aromatic rings. The maximum Gasteiger partial charge on any atom is 0.316 e. The van der Waals surface area contributed by atoms with E-state index in [9.17, 15) is 0 Å². The third kappa shape index (κ3) is 4.25. The summed E-state index contributed by atoms with van der Waals surface area (Å²) in [6.45, 7) is 4.46. The predicted molar refractivity (Wildman–Crippen MR) is 94.2 cm³/mol. The summed E-state index contributed by atoms with van der Waals surface area (Å²) < 4.78 is 0. The van der Waals surface area contributed by atoms with Crippen molar-refractivity contribution in [1.82, 2.24) is 4.98 Å². The zero-order valence-corrected chi connectivity index (χ0v) is 11.9. The molecule has 1 aromatic heterocycles. The monoisotopic (exact) mass is 279 g/mol. The Labute approximate surface area is 137 Å². The molecular formula is C18H25MgN. The van der Waals surface area contributed by atoms with E-state index in [1.165, 1.54) is 47.5 Å². The standard InChI is InChI=1S/C12H9N.C6H14.Mg.2H/c1-3-7-11-9(5-1)10-6-2-4-8-12(10)13-11;1-3-5-6-4-2;;;/h1-8,13H;3-6H2,1-2H3;;;. The van der Waals surface area contributed by atoms with Gasteiger partial charge in [-0.2, -0.15) is 0 Å². The minimum absolute atomic E-state index is 0. The molecule has 0 saturated heterocycles. The summed E-state index contributed by atoms with van der Waals surface area (Å²) in [5, 5.41) is 2.61. The van der Waals surface area contributed by atoms with Gasteiger partial charge in [0.1, 0.15) is 0 Å². The highest BCUT2D eigenvalue weighted by atomic mass is 24.3. The van der Waals surface area contributed by atoms with Gasteiger partial charge in [0.2, 0.25) is 0 Å². The molecule has 0 spiro atoms. The van der Waals surface area contributed by atoms with Gasteiger partial charge >= 0.3 is 23.1 Å². The van der Waals surface area contributed by atoms with Crippen molar-refractivity contribution in [3.05, 3.63) is 48.5 Å². The van der Waals surface area contributed by atoms with Gasteiger partial charge in [-0.1, -0.05) is 75.9 Å². The number of aromatic amines is 1. The first-order valence-corrected chi connectivity index (χ1v) is 7.32. The summed E-state index contributed by atoms with van der Waals surface area (Å²) in [4.78, 5) is 3.38. The molecule has 3 rings (SSSR count). The Balaban J connectivity index is 0.000000250. The molecule has 1 nitrogen and oxygen atoms in total. The molecule has 0 amide bonds. The van der Waals surface area contributed by atoms with Gasteiger partial charge in [-0.3, -0.25) is 0 Å². The maximum absolute atomic E-state index is 3.38. The van der Waals surface area contributed by atoms with Crippen LogP contribution in [0.15, 0.2) is 48.5 Å². The third-order valence-corrected chi connectivity index (χ3v) is 3.37. The molecule has 20 heavy (non-hydrogen) atoms. The molecule has 2 aromatic carbocycles. The van der Waals surface area contributed by atoms with Gasteiger partial charge in [0.15, 0.2) is 0 Å². The van der Waals surface area contributed by atoms with E-state index in [4.69, 9.17) is 0 Å². The highest BCUT2D eigenvalue weighted by Gasteiger charge is 2.00. The lowest BCUT2D eigenvalue weighted by molar-refractivity contribution is 0.702. The number of rotatable bonds is 3. The van der Waals surface area contributed by atoms with Gasteiger partial charge in [0, 0.05) is 21.8 Å². The normalized spacial score (nSPS) is 9.90. The van der Waals surface area contributed by atoms with Gasteiger partial charge in [-0.05, 0) is 12.1 Å². The van der Waals surface area contributed by atoms with Crippen LogP contribution in [-0.4, -0.2) is 28.0 Å². The van der Waals surface area contributed by atoms with Crippen LogP contribution < -0.4 is 0 Å². The number of aromatic nitrogens is 1. The number of hydrogen-bond donors (Lipinski definition) is 1. The van der Waals surface area contributed by atoms with Crippen LogP contribution in [0.4, 0.5) is 0 Å². The van der Waals surface area contributed by atoms with Crippen molar-refractivity contribution in [1.29, 1.82) is 0 Å². The first-order valence-electron chi connectivity index (χ1n) is 7.32. The average Bonchev–Trinajstić information content (AvgIpc) is 2.84. The Morgan fingerprint density at radius 1 is 0.700 bits per heavy atom. The van der Waals surface area contributed by atoms with Gasteiger partial charge in [-0.25, -0.2) is 0 Å². The number of fused-ring (bicyclic) bond motifs is 3. The average molecular weight is 280 g/mol. The fourth-order valence-electron chi connectivity index (χ4n) is 2.30. The molecule has 0 saturated carbocycles. The van der Waals surface area contributed by atoms with E-state index in [0.717, 1.165) is 0 Å². The van der Waals surface area contributed by atoms with Crippen LogP contribution in [0.2, 0.25) is 0 Å². The van der Waals surface area contributed by atoms with Crippen LogP contribution in [0.1, 0.15) is 39.5 Å². The Morgan fingerprint density at radius 3 is 1.50 bits per heavy atom. The second kappa shape index (κ2) is 9.04. The number of unbranched alkanes of at least 4 members (excludes halogenated alkanes) is 3. The largest absolute Gasteiger partial charge is 0.355 e. The summed E-state index contributed by atoms with van der Waals surface area (Å²) in [6.07, 6.45) is 5.54. The molecule has 0 unspecified atom stereocenters. The molecule has 104 valence electrons. The number of benzene rings is 2. The van der Waals surface area contributed by atoms with Crippen LogP contribution in [0.5, 0.6) is 0 Å². The van der Waals surface area contributed by atoms with E-state index in [0.29, 0.717) is 0 Å². The fraction of sp³-hybridized carbons (Fsp3) is 0.333. The van der Waals surface area contributed by atoms with Crippen LogP contribution in [0, 0.1) is 0 Å². The van der Waals surface area contributed by atoms with E-state index in [2.05, 4.69) is 67.4 Å². The molecule has 1 heterocycles. The molecule has 0 bridgehead atoms. The van der Waals surface area contributed by atoms with E-state index in [-0.39, 0.29) is 23.1 Å². The van der Waals surface area contributed by atoms with Crippen molar-refractivity contribution in [2.75, 3.05) is 0 Å². The fourth-order valence-corrected chi connectivity index (χ4v) is 2.30. The van der Waals surface area contributed by atoms with Crippen LogP contribution >= 0.6 is 0 Å². The minimum atomic E-state index is 0. The molecule has 0 fully saturated rings. The molecule has 0 aliphatic carbocycles. The van der Waals surface area contributed by atoms with Crippen molar-refractivity contribution in [2.45, 2.75) is 39.5 Å². The molecule has 1 N–H and O–H groups in total. The topological polar surface area (TPSA) is 15.8 Å². The minimum Gasteiger partial charge on any atom is -0.355 e. The predicted octanol–water partition coefficient (Wildman–Crippen LogP) is 4.99. The van der Waals surface area contributed by atoms with Gasteiger partial charge in [0.25, 0.3) is 0 Å². The lowest BCUT2D eigenvalue weighted by atomic mass is 10.2. The van der Waals surface area contributed by atoms with E-state index in [1.807, 2.05) is 0 Å². The van der Waals surface area contributed by atoms with Crippen LogP contribution in [0.3, 0.4) is 0 Å². The second-order valence-corrected chi connectivity index (χ2v) is 4.92. The van der Waals surface area contributed by atoms with Crippen molar-refractivity contribution < 1.29 is 0 Å². The lowest BCUT2D eigenvalue weighted by Crippen LogP contribution is -1.66. The molecule has 2 heteroatoms. The lowest BCUT2D eigenvalue weighted by Gasteiger charge is -1.87.